The number of hydrogen-bond acceptors (Lipinski definition) is 4. The van der Waals surface area contributed by atoms with Gasteiger partial charge in [-0.3, -0.25) is 14.4 Å². The number of carbonyl (C=O) groups is 3. The first kappa shape index (κ1) is 21.9. The Morgan fingerprint density at radius 3 is 2.44 bits per heavy atom. The van der Waals surface area contributed by atoms with E-state index < -0.39 is 0 Å². The van der Waals surface area contributed by atoms with Crippen molar-refractivity contribution in [3.05, 3.63) is 65.2 Å². The van der Waals surface area contributed by atoms with Crippen molar-refractivity contribution in [2.75, 3.05) is 13.1 Å². The number of nitrogens with one attached hydrogen (secondary N) is 1. The summed E-state index contributed by atoms with van der Waals surface area (Å²) in [6.07, 6.45) is 1.75. The monoisotopic (exact) mass is 435 g/mol. The molecule has 4 rings (SSSR count). The molecular formula is C25H29N3O4. The summed E-state index contributed by atoms with van der Waals surface area (Å²) in [5.41, 5.74) is 2.44. The summed E-state index contributed by atoms with van der Waals surface area (Å²) in [5.74, 6) is 0.686. The third-order valence-corrected chi connectivity index (χ3v) is 5.83. The van der Waals surface area contributed by atoms with Crippen LogP contribution in [0, 0.1) is 0 Å². The summed E-state index contributed by atoms with van der Waals surface area (Å²) in [5, 5.41) is 2.92. The Hall–Kier alpha value is -3.35. The highest BCUT2D eigenvalue weighted by molar-refractivity contribution is 5.95. The lowest BCUT2D eigenvalue weighted by atomic mass is 10.1. The Labute approximate surface area is 188 Å². The van der Waals surface area contributed by atoms with Crippen molar-refractivity contribution >= 4 is 17.7 Å². The lowest BCUT2D eigenvalue weighted by molar-refractivity contribution is -0.154. The first-order valence-corrected chi connectivity index (χ1v) is 11.1. The lowest BCUT2D eigenvalue weighted by Gasteiger charge is -2.36. The number of amides is 3. The molecule has 1 atom stereocenters. The normalized spacial score (nSPS) is 18.2. The zero-order chi connectivity index (χ0) is 22.7. The van der Waals surface area contributed by atoms with E-state index in [2.05, 4.69) is 5.32 Å². The van der Waals surface area contributed by atoms with Crippen molar-refractivity contribution in [2.45, 2.75) is 51.9 Å². The quantitative estimate of drug-likeness (QED) is 0.725. The molecule has 2 fully saturated rings. The average Bonchev–Trinajstić information content (AvgIpc) is 3.28. The first-order chi connectivity index (χ1) is 15.4. The molecule has 2 aromatic rings. The van der Waals surface area contributed by atoms with Gasteiger partial charge in [0.1, 0.15) is 18.3 Å². The van der Waals surface area contributed by atoms with E-state index in [4.69, 9.17) is 4.74 Å². The molecule has 1 N–H and O–H groups in total. The molecule has 0 bridgehead atoms. The van der Waals surface area contributed by atoms with Crippen LogP contribution in [0.2, 0.25) is 0 Å². The SMILES string of the molecule is CC(C)Oc1ccc(CNC(=O)c2ccc(CN3CC(=O)N4CCCC4C3=O)cc2)cc1. The summed E-state index contributed by atoms with van der Waals surface area (Å²) < 4.78 is 5.63. The minimum Gasteiger partial charge on any atom is -0.491 e. The fourth-order valence-electron chi connectivity index (χ4n) is 4.22. The van der Waals surface area contributed by atoms with Gasteiger partial charge in [-0.05, 0) is 62.1 Å². The van der Waals surface area contributed by atoms with Crippen molar-refractivity contribution in [3.63, 3.8) is 0 Å². The first-order valence-electron chi connectivity index (χ1n) is 11.1. The number of benzene rings is 2. The van der Waals surface area contributed by atoms with Crippen LogP contribution in [-0.2, 0) is 22.7 Å². The number of piperazine rings is 1. The van der Waals surface area contributed by atoms with Crippen LogP contribution >= 0.6 is 0 Å². The van der Waals surface area contributed by atoms with Gasteiger partial charge in [0, 0.05) is 25.2 Å². The van der Waals surface area contributed by atoms with Crippen LogP contribution in [0.1, 0.15) is 48.2 Å². The second-order valence-corrected chi connectivity index (χ2v) is 8.63. The van der Waals surface area contributed by atoms with Crippen LogP contribution in [0.5, 0.6) is 5.75 Å². The number of nitrogens with zero attached hydrogens (tertiary/aromatic N) is 2. The molecule has 7 nitrogen and oxygen atoms in total. The van der Waals surface area contributed by atoms with Crippen LogP contribution < -0.4 is 10.1 Å². The van der Waals surface area contributed by atoms with Gasteiger partial charge in [0.05, 0.1) is 6.10 Å². The molecule has 2 aromatic carbocycles. The number of ether oxygens (including phenoxy) is 1. The van der Waals surface area contributed by atoms with Crippen LogP contribution in [-0.4, -0.2) is 52.8 Å². The van der Waals surface area contributed by atoms with Gasteiger partial charge in [-0.1, -0.05) is 24.3 Å². The fourth-order valence-corrected chi connectivity index (χ4v) is 4.22. The van der Waals surface area contributed by atoms with E-state index in [1.165, 1.54) is 0 Å². The largest absolute Gasteiger partial charge is 0.491 e. The van der Waals surface area contributed by atoms with E-state index in [9.17, 15) is 14.4 Å². The molecule has 168 valence electrons. The number of carbonyl (C=O) groups excluding carboxylic acids is 3. The van der Waals surface area contributed by atoms with E-state index >= 15 is 0 Å². The minimum absolute atomic E-state index is 0.0203. The van der Waals surface area contributed by atoms with Crippen LogP contribution in [0.3, 0.4) is 0 Å². The maximum atomic E-state index is 12.7. The van der Waals surface area contributed by atoms with Gasteiger partial charge in [0.25, 0.3) is 5.91 Å². The Bertz CT molecular complexity index is 985. The van der Waals surface area contributed by atoms with Gasteiger partial charge in [0.2, 0.25) is 11.8 Å². The Balaban J connectivity index is 1.31. The van der Waals surface area contributed by atoms with Gasteiger partial charge >= 0.3 is 0 Å². The third-order valence-electron chi connectivity index (χ3n) is 5.83. The molecule has 7 heteroatoms. The molecule has 0 spiro atoms. The smallest absolute Gasteiger partial charge is 0.251 e. The second-order valence-electron chi connectivity index (χ2n) is 8.63. The molecule has 2 aliphatic heterocycles. The molecule has 2 saturated heterocycles. The summed E-state index contributed by atoms with van der Waals surface area (Å²) in [7, 11) is 0. The van der Waals surface area contributed by atoms with Crippen LogP contribution in [0.4, 0.5) is 0 Å². The van der Waals surface area contributed by atoms with Crippen molar-refractivity contribution in [2.24, 2.45) is 0 Å². The molecule has 2 aliphatic rings. The van der Waals surface area contributed by atoms with Crippen molar-refractivity contribution in [1.29, 1.82) is 0 Å². The topological polar surface area (TPSA) is 79.0 Å². The van der Waals surface area contributed by atoms with E-state index in [0.29, 0.717) is 25.2 Å². The van der Waals surface area contributed by atoms with E-state index in [1.807, 2.05) is 50.2 Å². The summed E-state index contributed by atoms with van der Waals surface area (Å²) in [4.78, 5) is 40.8. The summed E-state index contributed by atoms with van der Waals surface area (Å²) >= 11 is 0. The molecule has 0 radical (unpaired) electrons. The van der Waals surface area contributed by atoms with Gasteiger partial charge in [-0.2, -0.15) is 0 Å². The van der Waals surface area contributed by atoms with Gasteiger partial charge in [-0.25, -0.2) is 0 Å². The van der Waals surface area contributed by atoms with Crippen molar-refractivity contribution in [3.8, 4) is 5.75 Å². The number of rotatable bonds is 7. The Morgan fingerprint density at radius 2 is 1.75 bits per heavy atom. The van der Waals surface area contributed by atoms with Crippen molar-refractivity contribution in [1.82, 2.24) is 15.1 Å². The third kappa shape index (κ3) is 4.93. The fraction of sp³-hybridized carbons (Fsp3) is 0.400. The zero-order valence-corrected chi connectivity index (χ0v) is 18.5. The van der Waals surface area contributed by atoms with E-state index in [1.54, 1.807) is 21.9 Å². The number of hydrogen-bond donors (Lipinski definition) is 1. The zero-order valence-electron chi connectivity index (χ0n) is 18.5. The second kappa shape index (κ2) is 9.42. The van der Waals surface area contributed by atoms with Gasteiger partial charge in [0.15, 0.2) is 0 Å². The molecule has 0 aromatic heterocycles. The predicted octanol–water partition coefficient (Wildman–Crippen LogP) is 2.74. The Kier molecular flexibility index (Phi) is 6.44. The van der Waals surface area contributed by atoms with Gasteiger partial charge in [-0.15, -0.1) is 0 Å². The minimum atomic E-state index is -0.299. The molecule has 32 heavy (non-hydrogen) atoms. The molecule has 0 saturated carbocycles. The van der Waals surface area contributed by atoms with Crippen LogP contribution in [0.15, 0.2) is 48.5 Å². The number of fused-ring (bicyclic) bond motifs is 1. The molecular weight excluding hydrogens is 406 g/mol. The molecule has 3 amide bonds. The maximum absolute atomic E-state index is 12.7. The molecule has 1 unspecified atom stereocenters. The van der Waals surface area contributed by atoms with Gasteiger partial charge < -0.3 is 19.9 Å². The summed E-state index contributed by atoms with van der Waals surface area (Å²) in [6, 6.07) is 14.5. The summed E-state index contributed by atoms with van der Waals surface area (Å²) in [6.45, 7) is 5.56. The standard InChI is InChI=1S/C25H29N3O4/c1-17(2)32-21-11-7-18(8-12-21)14-26-24(30)20-9-5-19(6-10-20)15-27-16-23(29)28-13-3-4-22(28)25(27)31/h5-12,17,22H,3-4,13-16H2,1-2H3,(H,26,30). The highest BCUT2D eigenvalue weighted by Crippen LogP contribution is 2.24. The maximum Gasteiger partial charge on any atom is 0.251 e. The average molecular weight is 436 g/mol. The molecule has 2 heterocycles. The van der Waals surface area contributed by atoms with E-state index in [-0.39, 0.29) is 36.4 Å². The van der Waals surface area contributed by atoms with Crippen LogP contribution in [0.25, 0.3) is 0 Å². The predicted molar refractivity (Wildman–Crippen MR) is 120 cm³/mol. The molecule has 0 aliphatic carbocycles. The highest BCUT2D eigenvalue weighted by atomic mass is 16.5. The van der Waals surface area contributed by atoms with E-state index in [0.717, 1.165) is 29.7 Å². The highest BCUT2D eigenvalue weighted by Gasteiger charge is 2.41. The Morgan fingerprint density at radius 1 is 1.06 bits per heavy atom. The lowest BCUT2D eigenvalue weighted by Crippen LogP contribution is -2.56. The van der Waals surface area contributed by atoms with Crippen molar-refractivity contribution < 1.29 is 19.1 Å².